The van der Waals surface area contributed by atoms with Gasteiger partial charge in [-0.3, -0.25) is 0 Å². The van der Waals surface area contributed by atoms with Crippen molar-refractivity contribution in [3.05, 3.63) is 16.1 Å². The molecule has 0 aliphatic rings. The Morgan fingerprint density at radius 1 is 1.89 bits per heavy atom. The van der Waals surface area contributed by atoms with Crippen molar-refractivity contribution in [3.63, 3.8) is 0 Å². The lowest BCUT2D eigenvalue weighted by atomic mass is 10.6. The molecule has 0 aliphatic carbocycles. The molecule has 0 saturated carbocycles. The Morgan fingerprint density at radius 2 is 2.67 bits per heavy atom. The van der Waals surface area contributed by atoms with Crippen LogP contribution in [0.1, 0.15) is 10.7 Å². The van der Waals surface area contributed by atoms with Crippen molar-refractivity contribution >= 4 is 41.5 Å². The highest BCUT2D eigenvalue weighted by atomic mass is 127. The van der Waals surface area contributed by atoms with Crippen LogP contribution in [-0.2, 0) is 5.75 Å². The maximum absolute atomic E-state index is 4.29. The monoisotopic (exact) mass is 271 g/mol. The summed E-state index contributed by atoms with van der Waals surface area (Å²) in [5.74, 6) is 1.03. The minimum atomic E-state index is 1.03. The van der Waals surface area contributed by atoms with Crippen molar-refractivity contribution < 1.29 is 0 Å². The lowest BCUT2D eigenvalue weighted by Gasteiger charge is -1.84. The van der Waals surface area contributed by atoms with Gasteiger partial charge in [0.2, 0.25) is 0 Å². The summed E-state index contributed by atoms with van der Waals surface area (Å²) in [6, 6.07) is 0. The second-order valence-electron chi connectivity index (χ2n) is 1.61. The number of aromatic nitrogens is 1. The standard InChI is InChI=1S/C5H6INS2/c1-4-7-5(2-8-4)3-9-6/h2H,3H2,1H3. The maximum Gasteiger partial charge on any atom is 0.0897 e. The Bertz CT molecular complexity index is 187. The van der Waals surface area contributed by atoms with Crippen molar-refractivity contribution in [1.29, 1.82) is 0 Å². The van der Waals surface area contributed by atoms with Crippen molar-refractivity contribution in [2.75, 3.05) is 0 Å². The van der Waals surface area contributed by atoms with Crippen LogP contribution in [0, 0.1) is 6.92 Å². The SMILES string of the molecule is Cc1nc(CSI)cs1. The molecule has 9 heavy (non-hydrogen) atoms. The predicted molar refractivity (Wildman–Crippen MR) is 52.2 cm³/mol. The molecule has 50 valence electrons. The molecule has 0 atom stereocenters. The number of hydrogen-bond donors (Lipinski definition) is 0. The van der Waals surface area contributed by atoms with Crippen LogP contribution in [0.25, 0.3) is 0 Å². The van der Waals surface area contributed by atoms with Crippen LogP contribution >= 0.6 is 41.5 Å². The van der Waals surface area contributed by atoms with Gasteiger partial charge in [0.1, 0.15) is 0 Å². The van der Waals surface area contributed by atoms with Crippen LogP contribution in [-0.4, -0.2) is 4.98 Å². The summed E-state index contributed by atoms with van der Waals surface area (Å²) in [7, 11) is 1.78. The van der Waals surface area contributed by atoms with Gasteiger partial charge in [-0.2, -0.15) is 0 Å². The molecule has 0 spiro atoms. The molecule has 1 nitrogen and oxygen atoms in total. The predicted octanol–water partition coefficient (Wildman–Crippen LogP) is 3.03. The average molecular weight is 271 g/mol. The van der Waals surface area contributed by atoms with E-state index >= 15 is 0 Å². The van der Waals surface area contributed by atoms with Crippen LogP contribution in [0.4, 0.5) is 0 Å². The smallest absolute Gasteiger partial charge is 0.0897 e. The molecule has 1 rings (SSSR count). The highest BCUT2D eigenvalue weighted by Gasteiger charge is 1.94. The molecule has 1 aromatic heterocycles. The zero-order chi connectivity index (χ0) is 6.69. The number of rotatable bonds is 2. The fourth-order valence-electron chi connectivity index (χ4n) is 0.530. The van der Waals surface area contributed by atoms with Gasteiger partial charge in [-0.1, -0.05) is 8.93 Å². The Hall–Kier alpha value is 0.710. The maximum atomic E-state index is 4.29. The van der Waals surface area contributed by atoms with E-state index in [2.05, 4.69) is 31.6 Å². The third-order valence-electron chi connectivity index (χ3n) is 0.869. The summed E-state index contributed by atoms with van der Waals surface area (Å²) >= 11 is 4.00. The van der Waals surface area contributed by atoms with Crippen molar-refractivity contribution in [2.24, 2.45) is 0 Å². The van der Waals surface area contributed by atoms with E-state index in [1.165, 1.54) is 5.69 Å². The topological polar surface area (TPSA) is 12.9 Å². The van der Waals surface area contributed by atoms with Crippen LogP contribution in [0.5, 0.6) is 0 Å². The number of thiazole rings is 1. The quantitative estimate of drug-likeness (QED) is 0.767. The summed E-state index contributed by atoms with van der Waals surface area (Å²) in [5.41, 5.74) is 1.21. The average Bonchev–Trinajstić information content (AvgIpc) is 2.17. The summed E-state index contributed by atoms with van der Waals surface area (Å²) in [5, 5.41) is 3.27. The Morgan fingerprint density at radius 3 is 3.11 bits per heavy atom. The van der Waals surface area contributed by atoms with E-state index in [4.69, 9.17) is 0 Å². The van der Waals surface area contributed by atoms with E-state index in [0.717, 1.165) is 10.8 Å². The molecule has 0 fully saturated rings. The number of hydrogen-bond acceptors (Lipinski definition) is 3. The highest BCUT2D eigenvalue weighted by molar-refractivity contribution is 14.2. The summed E-state index contributed by atoms with van der Waals surface area (Å²) < 4.78 is 0. The lowest BCUT2D eigenvalue weighted by molar-refractivity contribution is 1.18. The van der Waals surface area contributed by atoms with Crippen molar-refractivity contribution in [3.8, 4) is 0 Å². The van der Waals surface area contributed by atoms with Gasteiger partial charge in [-0.25, -0.2) is 4.98 Å². The van der Waals surface area contributed by atoms with Gasteiger partial charge in [0.15, 0.2) is 0 Å². The Labute approximate surface area is 74.9 Å². The van der Waals surface area contributed by atoms with E-state index in [1.54, 1.807) is 20.3 Å². The molecule has 0 aliphatic heterocycles. The van der Waals surface area contributed by atoms with E-state index in [9.17, 15) is 0 Å². The van der Waals surface area contributed by atoms with Crippen LogP contribution in [0.15, 0.2) is 5.38 Å². The van der Waals surface area contributed by atoms with Gasteiger partial charge < -0.3 is 0 Å². The molecule has 1 aromatic rings. The lowest BCUT2D eigenvalue weighted by Crippen LogP contribution is -1.75. The van der Waals surface area contributed by atoms with Gasteiger partial charge in [0.25, 0.3) is 0 Å². The zero-order valence-electron chi connectivity index (χ0n) is 4.93. The number of halogens is 1. The summed E-state index contributed by atoms with van der Waals surface area (Å²) in [6.07, 6.45) is 0. The fraction of sp³-hybridized carbons (Fsp3) is 0.400. The second-order valence-corrected chi connectivity index (χ2v) is 5.05. The van der Waals surface area contributed by atoms with E-state index in [-0.39, 0.29) is 0 Å². The zero-order valence-corrected chi connectivity index (χ0v) is 8.72. The molecule has 0 amide bonds. The van der Waals surface area contributed by atoms with Crippen molar-refractivity contribution in [2.45, 2.75) is 12.7 Å². The summed E-state index contributed by atoms with van der Waals surface area (Å²) in [4.78, 5) is 4.29. The first kappa shape index (κ1) is 7.81. The van der Waals surface area contributed by atoms with Crippen LogP contribution in [0.2, 0.25) is 0 Å². The normalized spacial score (nSPS) is 10.0. The minimum Gasteiger partial charge on any atom is -0.246 e. The largest absolute Gasteiger partial charge is 0.246 e. The van der Waals surface area contributed by atoms with Gasteiger partial charge in [-0.05, 0) is 28.1 Å². The molecule has 1 heterocycles. The third-order valence-corrected chi connectivity index (χ3v) is 3.03. The second kappa shape index (κ2) is 3.78. The highest BCUT2D eigenvalue weighted by Crippen LogP contribution is 2.19. The van der Waals surface area contributed by atoms with E-state index in [1.807, 2.05) is 6.92 Å². The molecule has 0 unspecified atom stereocenters. The fourth-order valence-corrected chi connectivity index (χ4v) is 2.47. The molecular formula is C5H6INS2. The third kappa shape index (κ3) is 2.43. The van der Waals surface area contributed by atoms with E-state index in [0.29, 0.717) is 0 Å². The molecule has 0 saturated heterocycles. The van der Waals surface area contributed by atoms with Crippen molar-refractivity contribution in [1.82, 2.24) is 4.98 Å². The van der Waals surface area contributed by atoms with Gasteiger partial charge in [0.05, 0.1) is 10.7 Å². The molecule has 4 heteroatoms. The molecule has 0 bridgehead atoms. The number of aryl methyl sites for hydroxylation is 1. The van der Waals surface area contributed by atoms with Crippen LogP contribution in [0.3, 0.4) is 0 Å². The Balaban J connectivity index is 2.61. The summed E-state index contributed by atoms with van der Waals surface area (Å²) in [6.45, 7) is 2.03. The molecule has 0 radical (unpaired) electrons. The molecule has 0 N–H and O–H groups in total. The van der Waals surface area contributed by atoms with Gasteiger partial charge >= 0.3 is 0 Å². The number of nitrogens with zero attached hydrogens (tertiary/aromatic N) is 1. The Kier molecular flexibility index (Phi) is 3.28. The molecule has 0 aromatic carbocycles. The van der Waals surface area contributed by atoms with Gasteiger partial charge in [-0.15, -0.1) is 11.3 Å². The van der Waals surface area contributed by atoms with Gasteiger partial charge in [0, 0.05) is 11.1 Å². The first-order chi connectivity index (χ1) is 4.33. The first-order valence-corrected chi connectivity index (χ1v) is 6.88. The minimum absolute atomic E-state index is 1.03. The van der Waals surface area contributed by atoms with E-state index < -0.39 is 0 Å². The molecular weight excluding hydrogens is 265 g/mol. The first-order valence-electron chi connectivity index (χ1n) is 2.47. The van der Waals surface area contributed by atoms with Crippen LogP contribution < -0.4 is 0 Å².